The first-order chi connectivity index (χ1) is 11.9. The second-order valence-electron chi connectivity index (χ2n) is 6.05. The van der Waals surface area contributed by atoms with Gasteiger partial charge in [0, 0.05) is 12.6 Å². The summed E-state index contributed by atoms with van der Waals surface area (Å²) in [5, 5.41) is 10.7. The first-order valence-electron chi connectivity index (χ1n) is 7.89. The summed E-state index contributed by atoms with van der Waals surface area (Å²) in [6.07, 6.45) is 0. The zero-order valence-corrected chi connectivity index (χ0v) is 14.3. The molecule has 0 unspecified atom stereocenters. The van der Waals surface area contributed by atoms with Gasteiger partial charge in [-0.1, -0.05) is 29.8 Å². The van der Waals surface area contributed by atoms with Gasteiger partial charge >= 0.3 is 0 Å². The molecule has 0 aliphatic carbocycles. The molecular weight excluding hydrogens is 318 g/mol. The lowest BCUT2D eigenvalue weighted by Crippen LogP contribution is -2.24. The largest absolute Gasteiger partial charge is 0.507 e. The first-order valence-corrected chi connectivity index (χ1v) is 7.89. The maximum atomic E-state index is 12.5. The Morgan fingerprint density at radius 1 is 1.04 bits per heavy atom. The molecule has 5 heteroatoms. The number of benzene rings is 2. The number of hydrogen-bond acceptors (Lipinski definition) is 4. The van der Waals surface area contributed by atoms with E-state index in [1.165, 1.54) is 4.90 Å². The SMILES string of the molecule is COc1ccc(/C(O)=C2\C(=O)C(=O)N(C)[C@H]2c2ccc(C)cc2)cc1. The Morgan fingerprint density at radius 2 is 1.64 bits per heavy atom. The molecule has 0 aromatic heterocycles. The number of ether oxygens (including phenoxy) is 1. The third-order valence-electron chi connectivity index (χ3n) is 4.43. The molecule has 1 aliphatic heterocycles. The molecule has 128 valence electrons. The smallest absolute Gasteiger partial charge is 0.295 e. The van der Waals surface area contributed by atoms with E-state index in [9.17, 15) is 14.7 Å². The number of hydrogen-bond donors (Lipinski definition) is 1. The van der Waals surface area contributed by atoms with Gasteiger partial charge in [0.2, 0.25) is 0 Å². The van der Waals surface area contributed by atoms with Gasteiger partial charge in [-0.2, -0.15) is 0 Å². The topological polar surface area (TPSA) is 66.8 Å². The Kier molecular flexibility index (Phi) is 4.31. The summed E-state index contributed by atoms with van der Waals surface area (Å²) in [5.74, 6) is -0.847. The molecule has 1 N–H and O–H groups in total. The van der Waals surface area contributed by atoms with E-state index in [1.807, 2.05) is 31.2 Å². The summed E-state index contributed by atoms with van der Waals surface area (Å²) in [5.41, 5.74) is 2.42. The molecule has 2 aromatic rings. The second kappa shape index (κ2) is 6.43. The predicted molar refractivity (Wildman–Crippen MR) is 94.2 cm³/mol. The van der Waals surface area contributed by atoms with E-state index in [2.05, 4.69) is 0 Å². The molecule has 1 saturated heterocycles. The van der Waals surface area contributed by atoms with Gasteiger partial charge in [-0.05, 0) is 36.8 Å². The maximum Gasteiger partial charge on any atom is 0.295 e. The van der Waals surface area contributed by atoms with Crippen molar-refractivity contribution in [1.29, 1.82) is 0 Å². The van der Waals surface area contributed by atoms with Crippen molar-refractivity contribution in [3.05, 3.63) is 70.8 Å². The van der Waals surface area contributed by atoms with E-state index >= 15 is 0 Å². The predicted octanol–water partition coefficient (Wildman–Crippen LogP) is 3.06. The molecule has 0 spiro atoms. The molecule has 1 fully saturated rings. The molecule has 3 rings (SSSR count). The number of carbonyl (C=O) groups excluding carboxylic acids is 2. The van der Waals surface area contributed by atoms with Crippen LogP contribution in [0.25, 0.3) is 5.76 Å². The lowest BCUT2D eigenvalue weighted by Gasteiger charge is -2.21. The number of Topliss-reactive ketones (excluding diaryl/α,β-unsaturated/α-hetero) is 1. The summed E-state index contributed by atoms with van der Waals surface area (Å²) in [6.45, 7) is 1.96. The van der Waals surface area contributed by atoms with Crippen LogP contribution in [0.5, 0.6) is 5.75 Å². The highest BCUT2D eigenvalue weighted by Gasteiger charge is 2.44. The number of ketones is 1. The lowest BCUT2D eigenvalue weighted by atomic mass is 9.95. The molecule has 5 nitrogen and oxygen atoms in total. The summed E-state index contributed by atoms with van der Waals surface area (Å²) in [4.78, 5) is 26.0. The van der Waals surface area contributed by atoms with E-state index < -0.39 is 17.7 Å². The van der Waals surface area contributed by atoms with E-state index in [1.54, 1.807) is 38.4 Å². The molecule has 0 bridgehead atoms. The Morgan fingerprint density at radius 3 is 2.20 bits per heavy atom. The van der Waals surface area contributed by atoms with Crippen LogP contribution in [0.4, 0.5) is 0 Å². The number of aliphatic hydroxyl groups excluding tert-OH is 1. The van der Waals surface area contributed by atoms with Crippen LogP contribution in [0, 0.1) is 6.92 Å². The molecular formula is C20H19NO4. The summed E-state index contributed by atoms with van der Waals surface area (Å²) >= 11 is 0. The third-order valence-corrected chi connectivity index (χ3v) is 4.43. The highest BCUT2D eigenvalue weighted by molar-refractivity contribution is 6.46. The van der Waals surface area contributed by atoms with E-state index in [0.29, 0.717) is 11.3 Å². The van der Waals surface area contributed by atoms with Crippen molar-refractivity contribution < 1.29 is 19.4 Å². The van der Waals surface area contributed by atoms with E-state index in [0.717, 1.165) is 11.1 Å². The quantitative estimate of drug-likeness (QED) is 0.531. The number of rotatable bonds is 3. The van der Waals surface area contributed by atoms with Crippen molar-refractivity contribution >= 4 is 17.4 Å². The van der Waals surface area contributed by atoms with Crippen LogP contribution in [0.15, 0.2) is 54.1 Å². The van der Waals surface area contributed by atoms with E-state index in [-0.39, 0.29) is 11.3 Å². The van der Waals surface area contributed by atoms with Gasteiger partial charge in [-0.3, -0.25) is 9.59 Å². The maximum absolute atomic E-state index is 12.5. The van der Waals surface area contributed by atoms with E-state index in [4.69, 9.17) is 4.74 Å². The van der Waals surface area contributed by atoms with Gasteiger partial charge in [0.05, 0.1) is 18.7 Å². The van der Waals surface area contributed by atoms with Crippen molar-refractivity contribution in [1.82, 2.24) is 4.90 Å². The Hall–Kier alpha value is -3.08. The van der Waals surface area contributed by atoms with Gasteiger partial charge in [0.1, 0.15) is 11.5 Å². The molecule has 1 atom stereocenters. The number of aryl methyl sites for hydroxylation is 1. The third kappa shape index (κ3) is 2.89. The molecule has 2 aromatic carbocycles. The highest BCUT2D eigenvalue weighted by atomic mass is 16.5. The number of likely N-dealkylation sites (tertiary alicyclic amines) is 1. The summed E-state index contributed by atoms with van der Waals surface area (Å²) < 4.78 is 5.10. The molecule has 1 amide bonds. The van der Waals surface area contributed by atoms with Crippen LogP contribution in [0.2, 0.25) is 0 Å². The normalized spacial score (nSPS) is 19.3. The van der Waals surface area contributed by atoms with Crippen molar-refractivity contribution in [3.8, 4) is 5.75 Å². The van der Waals surface area contributed by atoms with Crippen LogP contribution in [-0.2, 0) is 9.59 Å². The number of carbonyl (C=O) groups is 2. The molecule has 1 aliphatic rings. The van der Waals surface area contributed by atoms with Crippen LogP contribution in [-0.4, -0.2) is 35.9 Å². The van der Waals surface area contributed by atoms with Crippen LogP contribution in [0.3, 0.4) is 0 Å². The van der Waals surface area contributed by atoms with Crippen molar-refractivity contribution in [2.45, 2.75) is 13.0 Å². The first kappa shape index (κ1) is 16.8. The summed E-state index contributed by atoms with van der Waals surface area (Å²) in [6, 6.07) is 13.6. The zero-order chi connectivity index (χ0) is 18.1. The fourth-order valence-electron chi connectivity index (χ4n) is 2.99. The second-order valence-corrected chi connectivity index (χ2v) is 6.05. The van der Waals surface area contributed by atoms with Gasteiger partial charge < -0.3 is 14.7 Å². The lowest BCUT2D eigenvalue weighted by molar-refractivity contribution is -0.139. The fraction of sp³-hybridized carbons (Fsp3) is 0.200. The fourth-order valence-corrected chi connectivity index (χ4v) is 2.99. The Balaban J connectivity index is 2.12. The van der Waals surface area contributed by atoms with Gasteiger partial charge in [-0.25, -0.2) is 0 Å². The van der Waals surface area contributed by atoms with Crippen LogP contribution in [0.1, 0.15) is 22.7 Å². The monoisotopic (exact) mass is 337 g/mol. The number of nitrogens with zero attached hydrogens (tertiary/aromatic N) is 1. The number of amides is 1. The van der Waals surface area contributed by atoms with Gasteiger partial charge in [0.15, 0.2) is 0 Å². The van der Waals surface area contributed by atoms with Crippen molar-refractivity contribution in [2.75, 3.05) is 14.2 Å². The molecule has 0 saturated carbocycles. The molecule has 1 heterocycles. The number of methoxy groups -OCH3 is 1. The van der Waals surface area contributed by atoms with Gasteiger partial charge in [0.25, 0.3) is 11.7 Å². The number of likely N-dealkylation sites (N-methyl/N-ethyl adjacent to an activating group) is 1. The van der Waals surface area contributed by atoms with Crippen molar-refractivity contribution in [3.63, 3.8) is 0 Å². The van der Waals surface area contributed by atoms with Crippen LogP contribution >= 0.6 is 0 Å². The standard InChI is InChI=1S/C20H19NO4/c1-12-4-6-13(7-5-12)17-16(19(23)20(24)21(17)2)18(22)14-8-10-15(25-3)11-9-14/h4-11,17,22H,1-3H3/b18-16+/t17-/m0/s1. The average Bonchev–Trinajstić information content (AvgIpc) is 2.86. The van der Waals surface area contributed by atoms with Gasteiger partial charge in [-0.15, -0.1) is 0 Å². The van der Waals surface area contributed by atoms with Crippen LogP contribution < -0.4 is 4.74 Å². The average molecular weight is 337 g/mol. The van der Waals surface area contributed by atoms with Crippen molar-refractivity contribution in [2.24, 2.45) is 0 Å². The minimum absolute atomic E-state index is 0.0986. The zero-order valence-electron chi connectivity index (χ0n) is 14.3. The minimum atomic E-state index is -0.679. The number of aliphatic hydroxyl groups is 1. The Labute approximate surface area is 146 Å². The highest BCUT2D eigenvalue weighted by Crippen LogP contribution is 2.38. The molecule has 0 radical (unpaired) electrons. The Bertz CT molecular complexity index is 850. The summed E-state index contributed by atoms with van der Waals surface area (Å²) in [7, 11) is 3.12. The minimum Gasteiger partial charge on any atom is -0.507 e. The molecule has 25 heavy (non-hydrogen) atoms.